The van der Waals surface area contributed by atoms with E-state index in [1.165, 1.54) is 10.3 Å². The summed E-state index contributed by atoms with van der Waals surface area (Å²) < 4.78 is 6.84. The standard InChI is InChI=1S/C26H20N2O2S/c1-17-6-13-23-24(14-17)31-26(28-23)19-7-10-21(11-8-19)27-25(29)16-30-22-12-9-18-4-2-3-5-20(18)15-22/h2-15H,16H2,1H3,(H,27,29). The lowest BCUT2D eigenvalue weighted by atomic mass is 10.1. The minimum Gasteiger partial charge on any atom is -0.484 e. The van der Waals surface area contributed by atoms with Crippen molar-refractivity contribution in [3.63, 3.8) is 0 Å². The Hall–Kier alpha value is -3.70. The smallest absolute Gasteiger partial charge is 0.262 e. The molecule has 0 atom stereocenters. The van der Waals surface area contributed by atoms with E-state index >= 15 is 0 Å². The molecule has 1 aromatic heterocycles. The first-order valence-electron chi connectivity index (χ1n) is 10.0. The van der Waals surface area contributed by atoms with E-state index in [9.17, 15) is 4.79 Å². The number of amides is 1. The van der Waals surface area contributed by atoms with Crippen LogP contribution in [0.25, 0.3) is 31.6 Å². The predicted molar refractivity (Wildman–Crippen MR) is 128 cm³/mol. The Morgan fingerprint density at radius 3 is 2.58 bits per heavy atom. The highest BCUT2D eigenvalue weighted by Crippen LogP contribution is 2.31. The highest BCUT2D eigenvalue weighted by molar-refractivity contribution is 7.21. The summed E-state index contributed by atoms with van der Waals surface area (Å²) in [5, 5.41) is 6.08. The normalized spacial score (nSPS) is 11.0. The van der Waals surface area contributed by atoms with Gasteiger partial charge in [0, 0.05) is 11.3 Å². The number of benzene rings is 4. The average Bonchev–Trinajstić information content (AvgIpc) is 3.21. The van der Waals surface area contributed by atoms with E-state index in [1.54, 1.807) is 11.3 Å². The molecule has 0 aliphatic rings. The van der Waals surface area contributed by atoms with E-state index in [1.807, 2.05) is 66.7 Å². The SMILES string of the molecule is Cc1ccc2nc(-c3ccc(NC(=O)COc4ccc5ccccc5c4)cc3)sc2c1. The van der Waals surface area contributed by atoms with Crippen LogP contribution in [-0.2, 0) is 4.79 Å². The van der Waals surface area contributed by atoms with Gasteiger partial charge in [-0.3, -0.25) is 4.79 Å². The zero-order valence-electron chi connectivity index (χ0n) is 17.0. The predicted octanol–water partition coefficient (Wildman–Crippen LogP) is 6.44. The third-order valence-electron chi connectivity index (χ3n) is 5.05. The molecule has 5 aromatic rings. The molecule has 0 radical (unpaired) electrons. The molecule has 0 aliphatic carbocycles. The fourth-order valence-electron chi connectivity index (χ4n) is 3.45. The molecule has 0 spiro atoms. The van der Waals surface area contributed by atoms with Gasteiger partial charge in [0.25, 0.3) is 5.91 Å². The van der Waals surface area contributed by atoms with Gasteiger partial charge in [0.15, 0.2) is 6.61 Å². The van der Waals surface area contributed by atoms with Crippen molar-refractivity contribution >= 4 is 43.9 Å². The number of anilines is 1. The average molecular weight is 425 g/mol. The number of carbonyl (C=O) groups is 1. The molecule has 1 heterocycles. The van der Waals surface area contributed by atoms with Crippen LogP contribution in [0.3, 0.4) is 0 Å². The van der Waals surface area contributed by atoms with Gasteiger partial charge in [0.2, 0.25) is 0 Å². The third-order valence-corrected chi connectivity index (χ3v) is 6.12. The van der Waals surface area contributed by atoms with Gasteiger partial charge in [-0.15, -0.1) is 11.3 Å². The Morgan fingerprint density at radius 1 is 0.935 bits per heavy atom. The molecule has 5 heteroatoms. The maximum atomic E-state index is 12.3. The summed E-state index contributed by atoms with van der Waals surface area (Å²) in [6.07, 6.45) is 0. The second kappa shape index (κ2) is 8.20. The molecule has 0 aliphatic heterocycles. The van der Waals surface area contributed by atoms with Crippen molar-refractivity contribution in [1.82, 2.24) is 4.98 Å². The van der Waals surface area contributed by atoms with Gasteiger partial charge in [-0.2, -0.15) is 0 Å². The minimum absolute atomic E-state index is 0.0443. The number of fused-ring (bicyclic) bond motifs is 2. The van der Waals surface area contributed by atoms with Crippen molar-refractivity contribution in [1.29, 1.82) is 0 Å². The lowest BCUT2D eigenvalue weighted by Crippen LogP contribution is -2.20. The number of carbonyl (C=O) groups excluding carboxylic acids is 1. The van der Waals surface area contributed by atoms with Crippen molar-refractivity contribution in [2.45, 2.75) is 6.92 Å². The van der Waals surface area contributed by atoms with Gasteiger partial charge in [-0.05, 0) is 71.8 Å². The number of aryl methyl sites for hydroxylation is 1. The summed E-state index contributed by atoms with van der Waals surface area (Å²) in [7, 11) is 0. The zero-order chi connectivity index (χ0) is 21.2. The summed E-state index contributed by atoms with van der Waals surface area (Å²) >= 11 is 1.67. The van der Waals surface area contributed by atoms with Crippen LogP contribution in [-0.4, -0.2) is 17.5 Å². The van der Waals surface area contributed by atoms with Crippen LogP contribution in [0.5, 0.6) is 5.75 Å². The van der Waals surface area contributed by atoms with E-state index in [0.717, 1.165) is 32.5 Å². The monoisotopic (exact) mass is 424 g/mol. The molecule has 1 amide bonds. The van der Waals surface area contributed by atoms with Crippen molar-refractivity contribution in [3.05, 3.63) is 90.5 Å². The molecule has 0 bridgehead atoms. The lowest BCUT2D eigenvalue weighted by Gasteiger charge is -2.09. The molecule has 152 valence electrons. The maximum Gasteiger partial charge on any atom is 0.262 e. The van der Waals surface area contributed by atoms with Crippen LogP contribution < -0.4 is 10.1 Å². The Bertz CT molecular complexity index is 1390. The van der Waals surface area contributed by atoms with Gasteiger partial charge in [0.1, 0.15) is 10.8 Å². The van der Waals surface area contributed by atoms with Crippen LogP contribution in [0.2, 0.25) is 0 Å². The van der Waals surface area contributed by atoms with Gasteiger partial charge in [0.05, 0.1) is 10.2 Å². The van der Waals surface area contributed by atoms with Crippen LogP contribution in [0.4, 0.5) is 5.69 Å². The number of hydrogen-bond acceptors (Lipinski definition) is 4. The van der Waals surface area contributed by atoms with Crippen LogP contribution >= 0.6 is 11.3 Å². The number of aromatic nitrogens is 1. The van der Waals surface area contributed by atoms with Gasteiger partial charge in [-0.25, -0.2) is 4.98 Å². The summed E-state index contributed by atoms with van der Waals surface area (Å²) in [6.45, 7) is 2.04. The molecular formula is C26H20N2O2S. The Balaban J connectivity index is 1.22. The molecule has 31 heavy (non-hydrogen) atoms. The molecule has 0 saturated heterocycles. The number of nitrogens with one attached hydrogen (secondary N) is 1. The van der Waals surface area contributed by atoms with Crippen LogP contribution in [0.1, 0.15) is 5.56 Å². The largest absolute Gasteiger partial charge is 0.484 e. The molecule has 4 aromatic carbocycles. The van der Waals surface area contributed by atoms with Crippen molar-refractivity contribution < 1.29 is 9.53 Å². The highest BCUT2D eigenvalue weighted by Gasteiger charge is 2.08. The number of thiazole rings is 1. The van der Waals surface area contributed by atoms with E-state index in [2.05, 4.69) is 30.4 Å². The molecule has 0 saturated carbocycles. The third kappa shape index (κ3) is 4.27. The molecule has 1 N–H and O–H groups in total. The second-order valence-electron chi connectivity index (χ2n) is 7.41. The second-order valence-corrected chi connectivity index (χ2v) is 8.44. The van der Waals surface area contributed by atoms with E-state index in [4.69, 9.17) is 9.72 Å². The van der Waals surface area contributed by atoms with E-state index in [-0.39, 0.29) is 12.5 Å². The lowest BCUT2D eigenvalue weighted by molar-refractivity contribution is -0.118. The van der Waals surface area contributed by atoms with Gasteiger partial charge >= 0.3 is 0 Å². The number of rotatable bonds is 5. The Kier molecular flexibility index (Phi) is 5.10. The zero-order valence-corrected chi connectivity index (χ0v) is 17.8. The first kappa shape index (κ1) is 19.3. The van der Waals surface area contributed by atoms with Gasteiger partial charge in [-0.1, -0.05) is 36.4 Å². The fraction of sp³-hybridized carbons (Fsp3) is 0.0769. The molecule has 5 rings (SSSR count). The Morgan fingerprint density at radius 2 is 1.74 bits per heavy atom. The maximum absolute atomic E-state index is 12.3. The fourth-order valence-corrected chi connectivity index (χ4v) is 4.52. The summed E-state index contributed by atoms with van der Waals surface area (Å²) in [4.78, 5) is 17.0. The summed E-state index contributed by atoms with van der Waals surface area (Å²) in [5.74, 6) is 0.478. The minimum atomic E-state index is -0.198. The van der Waals surface area contributed by atoms with E-state index in [0.29, 0.717) is 5.75 Å². The first-order chi connectivity index (χ1) is 15.1. The molecule has 0 fully saturated rings. The summed E-state index contributed by atoms with van der Waals surface area (Å²) in [5.41, 5.74) is 4.00. The number of hydrogen-bond donors (Lipinski definition) is 1. The first-order valence-corrected chi connectivity index (χ1v) is 10.8. The number of nitrogens with zero attached hydrogens (tertiary/aromatic N) is 1. The van der Waals surface area contributed by atoms with Gasteiger partial charge < -0.3 is 10.1 Å². The molecule has 4 nitrogen and oxygen atoms in total. The quantitative estimate of drug-likeness (QED) is 0.353. The molecule has 0 unspecified atom stereocenters. The van der Waals surface area contributed by atoms with Crippen molar-refractivity contribution in [2.24, 2.45) is 0 Å². The van der Waals surface area contributed by atoms with Crippen LogP contribution in [0, 0.1) is 6.92 Å². The summed E-state index contributed by atoms with van der Waals surface area (Å²) in [6, 6.07) is 27.9. The number of ether oxygens (including phenoxy) is 1. The van der Waals surface area contributed by atoms with Crippen LogP contribution in [0.15, 0.2) is 84.9 Å². The van der Waals surface area contributed by atoms with E-state index < -0.39 is 0 Å². The van der Waals surface area contributed by atoms with Crippen molar-refractivity contribution in [3.8, 4) is 16.3 Å². The topological polar surface area (TPSA) is 51.2 Å². The highest BCUT2D eigenvalue weighted by atomic mass is 32.1. The molecular weight excluding hydrogens is 404 g/mol. The van der Waals surface area contributed by atoms with Crippen molar-refractivity contribution in [2.75, 3.05) is 11.9 Å². The Labute approximate surface area is 184 Å².